The molecule has 2 rings (SSSR count). The van der Waals surface area contributed by atoms with Gasteiger partial charge < -0.3 is 10.4 Å². The van der Waals surface area contributed by atoms with Crippen LogP contribution in [0.4, 0.5) is 0 Å². The second-order valence-corrected chi connectivity index (χ2v) is 6.45. The molecule has 1 heterocycles. The van der Waals surface area contributed by atoms with Crippen LogP contribution in [0.1, 0.15) is 31.4 Å². The highest BCUT2D eigenvalue weighted by molar-refractivity contribution is 7.99. The average molecular weight is 251 g/mol. The predicted molar refractivity (Wildman–Crippen MR) is 73.5 cm³/mol. The van der Waals surface area contributed by atoms with E-state index in [0.717, 1.165) is 6.54 Å². The van der Waals surface area contributed by atoms with Gasteiger partial charge in [-0.15, -0.1) is 11.8 Å². The summed E-state index contributed by atoms with van der Waals surface area (Å²) in [5.74, 6) is 1.25. The van der Waals surface area contributed by atoms with Crippen molar-refractivity contribution in [1.82, 2.24) is 5.32 Å². The Kier molecular flexibility index (Phi) is 4.13. The number of rotatable bonds is 4. The summed E-state index contributed by atoms with van der Waals surface area (Å²) in [6.45, 7) is 5.10. The highest BCUT2D eigenvalue weighted by Crippen LogP contribution is 2.30. The number of aryl methyl sites for hydroxylation is 1. The minimum atomic E-state index is -0.635. The molecule has 0 fully saturated rings. The van der Waals surface area contributed by atoms with Gasteiger partial charge in [-0.3, -0.25) is 0 Å². The van der Waals surface area contributed by atoms with Gasteiger partial charge in [-0.25, -0.2) is 0 Å². The van der Waals surface area contributed by atoms with Crippen molar-refractivity contribution in [2.24, 2.45) is 0 Å². The van der Waals surface area contributed by atoms with Crippen LogP contribution in [-0.2, 0) is 13.0 Å². The molecule has 0 aliphatic carbocycles. The van der Waals surface area contributed by atoms with E-state index in [1.807, 2.05) is 25.6 Å². The highest BCUT2D eigenvalue weighted by Gasteiger charge is 2.12. The van der Waals surface area contributed by atoms with Crippen molar-refractivity contribution >= 4 is 11.8 Å². The van der Waals surface area contributed by atoms with E-state index < -0.39 is 5.60 Å². The molecule has 0 saturated heterocycles. The third-order valence-electron chi connectivity index (χ3n) is 2.86. The lowest BCUT2D eigenvalue weighted by atomic mass is 10.1. The molecule has 3 heteroatoms. The van der Waals surface area contributed by atoms with Gasteiger partial charge in [0.15, 0.2) is 0 Å². The number of fused-ring (bicyclic) bond motifs is 1. The lowest BCUT2D eigenvalue weighted by molar-refractivity contribution is 0.0795. The molecule has 0 bridgehead atoms. The number of aliphatic hydroxyl groups is 1. The fraction of sp³-hybridized carbons (Fsp3) is 0.571. The second-order valence-electron chi connectivity index (χ2n) is 5.31. The van der Waals surface area contributed by atoms with Gasteiger partial charge in [0, 0.05) is 18.0 Å². The summed E-state index contributed by atoms with van der Waals surface area (Å²) in [5, 5.41) is 12.9. The lowest BCUT2D eigenvalue weighted by Crippen LogP contribution is -2.34. The summed E-state index contributed by atoms with van der Waals surface area (Å²) >= 11 is 1.97. The maximum atomic E-state index is 9.62. The van der Waals surface area contributed by atoms with Crippen LogP contribution in [0.2, 0.25) is 0 Å². The van der Waals surface area contributed by atoms with Crippen LogP contribution in [-0.4, -0.2) is 23.0 Å². The van der Waals surface area contributed by atoms with Crippen LogP contribution in [0.5, 0.6) is 0 Å². The standard InChI is InChI=1S/C14H21NOS/c1-14(2,16)10-15-9-11-5-6-13-12(8-11)4-3-7-17-13/h5-6,8,15-16H,3-4,7,9-10H2,1-2H3. The molecule has 1 aromatic carbocycles. The number of nitrogens with one attached hydrogen (secondary N) is 1. The maximum absolute atomic E-state index is 9.62. The molecule has 0 saturated carbocycles. The molecule has 1 aromatic rings. The fourth-order valence-corrected chi connectivity index (χ4v) is 3.06. The molecule has 0 aromatic heterocycles. The smallest absolute Gasteiger partial charge is 0.0715 e. The number of benzene rings is 1. The lowest BCUT2D eigenvalue weighted by Gasteiger charge is -2.19. The molecule has 1 aliphatic heterocycles. The largest absolute Gasteiger partial charge is 0.389 e. The van der Waals surface area contributed by atoms with Crippen LogP contribution in [0.25, 0.3) is 0 Å². The normalized spacial score (nSPS) is 15.7. The van der Waals surface area contributed by atoms with Gasteiger partial charge in [-0.1, -0.05) is 12.1 Å². The Hall–Kier alpha value is -0.510. The van der Waals surface area contributed by atoms with Crippen molar-refractivity contribution in [3.8, 4) is 0 Å². The van der Waals surface area contributed by atoms with Crippen molar-refractivity contribution in [2.75, 3.05) is 12.3 Å². The molecule has 17 heavy (non-hydrogen) atoms. The summed E-state index contributed by atoms with van der Waals surface area (Å²) in [6.07, 6.45) is 2.50. The summed E-state index contributed by atoms with van der Waals surface area (Å²) in [4.78, 5) is 1.45. The predicted octanol–water partition coefficient (Wildman–Crippen LogP) is 2.59. The Bertz CT molecular complexity index is 384. The van der Waals surface area contributed by atoms with Crippen molar-refractivity contribution in [3.05, 3.63) is 29.3 Å². The summed E-state index contributed by atoms with van der Waals surface area (Å²) in [5.41, 5.74) is 2.17. The topological polar surface area (TPSA) is 32.3 Å². The fourth-order valence-electron chi connectivity index (χ4n) is 2.04. The first kappa shape index (κ1) is 12.9. The first-order chi connectivity index (χ1) is 8.04. The average Bonchev–Trinajstić information content (AvgIpc) is 2.27. The Balaban J connectivity index is 1.93. The number of hydrogen-bond donors (Lipinski definition) is 2. The Morgan fingerprint density at radius 3 is 3.00 bits per heavy atom. The molecular weight excluding hydrogens is 230 g/mol. The van der Waals surface area contributed by atoms with Gasteiger partial charge >= 0.3 is 0 Å². The number of hydrogen-bond acceptors (Lipinski definition) is 3. The molecule has 0 radical (unpaired) electrons. The van der Waals surface area contributed by atoms with E-state index in [9.17, 15) is 5.11 Å². The molecule has 0 atom stereocenters. The molecule has 0 unspecified atom stereocenters. The molecule has 0 amide bonds. The highest BCUT2D eigenvalue weighted by atomic mass is 32.2. The third kappa shape index (κ3) is 4.02. The Morgan fingerprint density at radius 2 is 2.24 bits per heavy atom. The van der Waals surface area contributed by atoms with Gasteiger partial charge in [0.1, 0.15) is 0 Å². The van der Waals surface area contributed by atoms with Crippen LogP contribution in [0.15, 0.2) is 23.1 Å². The quantitative estimate of drug-likeness (QED) is 0.862. The monoisotopic (exact) mass is 251 g/mol. The minimum Gasteiger partial charge on any atom is -0.389 e. The van der Waals surface area contributed by atoms with E-state index >= 15 is 0 Å². The van der Waals surface area contributed by atoms with E-state index in [4.69, 9.17) is 0 Å². The van der Waals surface area contributed by atoms with E-state index in [1.165, 1.54) is 34.6 Å². The summed E-state index contributed by atoms with van der Waals surface area (Å²) in [7, 11) is 0. The Labute approximate surface area is 108 Å². The van der Waals surface area contributed by atoms with Crippen LogP contribution < -0.4 is 5.32 Å². The van der Waals surface area contributed by atoms with Crippen LogP contribution in [0.3, 0.4) is 0 Å². The maximum Gasteiger partial charge on any atom is 0.0715 e. The van der Waals surface area contributed by atoms with Crippen LogP contribution in [0, 0.1) is 0 Å². The minimum absolute atomic E-state index is 0.624. The van der Waals surface area contributed by atoms with E-state index in [-0.39, 0.29) is 0 Å². The molecule has 0 spiro atoms. The third-order valence-corrected chi connectivity index (χ3v) is 4.06. The summed E-state index contributed by atoms with van der Waals surface area (Å²) < 4.78 is 0. The summed E-state index contributed by atoms with van der Waals surface area (Å²) in [6, 6.07) is 6.73. The zero-order chi connectivity index (χ0) is 12.3. The van der Waals surface area contributed by atoms with Crippen molar-refractivity contribution in [2.45, 2.75) is 43.7 Å². The molecule has 2 nitrogen and oxygen atoms in total. The van der Waals surface area contributed by atoms with Crippen molar-refractivity contribution in [3.63, 3.8) is 0 Å². The van der Waals surface area contributed by atoms with Gasteiger partial charge in [0.2, 0.25) is 0 Å². The zero-order valence-electron chi connectivity index (χ0n) is 10.6. The van der Waals surface area contributed by atoms with Gasteiger partial charge in [-0.2, -0.15) is 0 Å². The van der Waals surface area contributed by atoms with Gasteiger partial charge in [0.05, 0.1) is 5.60 Å². The van der Waals surface area contributed by atoms with Crippen molar-refractivity contribution < 1.29 is 5.11 Å². The molecule has 1 aliphatic rings. The molecule has 94 valence electrons. The SMILES string of the molecule is CC(C)(O)CNCc1ccc2c(c1)CCCS2. The van der Waals surface area contributed by atoms with E-state index in [1.54, 1.807) is 0 Å². The van der Waals surface area contributed by atoms with Crippen molar-refractivity contribution in [1.29, 1.82) is 0 Å². The molecule has 2 N–H and O–H groups in total. The first-order valence-corrected chi connectivity index (χ1v) is 7.21. The van der Waals surface area contributed by atoms with Crippen LogP contribution >= 0.6 is 11.8 Å². The Morgan fingerprint density at radius 1 is 1.41 bits per heavy atom. The van der Waals surface area contributed by atoms with Gasteiger partial charge in [-0.05, 0) is 49.6 Å². The molecular formula is C14H21NOS. The number of thioether (sulfide) groups is 1. The second kappa shape index (κ2) is 5.42. The zero-order valence-corrected chi connectivity index (χ0v) is 11.4. The first-order valence-electron chi connectivity index (χ1n) is 6.22. The van der Waals surface area contributed by atoms with E-state index in [0.29, 0.717) is 6.54 Å². The van der Waals surface area contributed by atoms with E-state index in [2.05, 4.69) is 23.5 Å². The van der Waals surface area contributed by atoms with Gasteiger partial charge in [0.25, 0.3) is 0 Å².